The number of halogens is 4. The molecule has 13 heteroatoms. The lowest BCUT2D eigenvalue weighted by Gasteiger charge is -2.37. The van der Waals surface area contributed by atoms with Gasteiger partial charge in [0, 0.05) is 43.8 Å². The lowest BCUT2D eigenvalue weighted by atomic mass is 10.0. The summed E-state index contributed by atoms with van der Waals surface area (Å²) < 4.78 is 68.2. The van der Waals surface area contributed by atoms with E-state index in [0.717, 1.165) is 19.2 Å². The van der Waals surface area contributed by atoms with Crippen molar-refractivity contribution in [1.82, 2.24) is 19.4 Å². The summed E-state index contributed by atoms with van der Waals surface area (Å²) in [4.78, 5) is 32.8. The van der Waals surface area contributed by atoms with E-state index in [4.69, 9.17) is 11.6 Å². The highest BCUT2D eigenvalue weighted by Crippen LogP contribution is 2.34. The highest BCUT2D eigenvalue weighted by molar-refractivity contribution is 7.91. The summed E-state index contributed by atoms with van der Waals surface area (Å²) in [5.74, 6) is -0.227. The summed E-state index contributed by atoms with van der Waals surface area (Å²) in [5.41, 5.74) is -2.75. The molecule has 1 N–H and O–H groups in total. The van der Waals surface area contributed by atoms with Crippen LogP contribution in [0.4, 0.5) is 13.2 Å². The number of aromatic amines is 1. The number of benzene rings is 2. The smallest absolute Gasteiger partial charge is 0.307 e. The molecule has 8 nitrogen and oxygen atoms in total. The van der Waals surface area contributed by atoms with Crippen LogP contribution in [0.25, 0.3) is 10.9 Å². The van der Waals surface area contributed by atoms with E-state index in [1.807, 2.05) is 4.90 Å². The number of sulfone groups is 1. The molecule has 0 radical (unpaired) electrons. The normalized spacial score (nSPS) is 15.9. The van der Waals surface area contributed by atoms with Crippen molar-refractivity contribution in [2.24, 2.45) is 0 Å². The van der Waals surface area contributed by atoms with E-state index in [1.54, 1.807) is 0 Å². The van der Waals surface area contributed by atoms with Crippen molar-refractivity contribution in [3.05, 3.63) is 72.9 Å². The maximum absolute atomic E-state index is 14.1. The fourth-order valence-electron chi connectivity index (χ4n) is 4.86. The maximum atomic E-state index is 14.1. The van der Waals surface area contributed by atoms with Gasteiger partial charge in [-0.25, -0.2) is 13.2 Å². The molecule has 1 fully saturated rings. The van der Waals surface area contributed by atoms with E-state index >= 15 is 0 Å². The van der Waals surface area contributed by atoms with Gasteiger partial charge in [-0.15, -0.1) is 0 Å². The van der Waals surface area contributed by atoms with Crippen LogP contribution in [0.2, 0.25) is 5.02 Å². The second-order valence-electron chi connectivity index (χ2n) is 9.94. The third-order valence-corrected chi connectivity index (χ3v) is 9.17. The fraction of sp³-hybridized carbons (Fsp3) is 0.462. The van der Waals surface area contributed by atoms with Crippen LogP contribution < -0.4 is 11.2 Å². The minimum absolute atomic E-state index is 0.0161. The number of H-pyrrole nitrogens is 1. The van der Waals surface area contributed by atoms with E-state index in [9.17, 15) is 31.2 Å². The van der Waals surface area contributed by atoms with Gasteiger partial charge in [0.15, 0.2) is 9.84 Å². The van der Waals surface area contributed by atoms with Crippen molar-refractivity contribution < 1.29 is 21.6 Å². The Labute approximate surface area is 228 Å². The molecule has 0 saturated carbocycles. The molecule has 0 amide bonds. The Balaban J connectivity index is 1.78. The highest BCUT2D eigenvalue weighted by atomic mass is 35.5. The first-order valence-electron chi connectivity index (χ1n) is 12.6. The summed E-state index contributed by atoms with van der Waals surface area (Å²) in [6.07, 6.45) is -4.73. The predicted octanol–water partition coefficient (Wildman–Crippen LogP) is 3.73. The van der Waals surface area contributed by atoms with Crippen molar-refractivity contribution in [2.45, 2.75) is 51.0 Å². The molecule has 0 bridgehead atoms. The van der Waals surface area contributed by atoms with Gasteiger partial charge in [0.25, 0.3) is 5.56 Å². The number of hydrogen-bond donors (Lipinski definition) is 1. The van der Waals surface area contributed by atoms with E-state index in [2.05, 4.69) is 23.7 Å². The van der Waals surface area contributed by atoms with Gasteiger partial charge in [-0.1, -0.05) is 18.5 Å². The van der Waals surface area contributed by atoms with Crippen LogP contribution in [0.3, 0.4) is 0 Å². The van der Waals surface area contributed by atoms with Crippen LogP contribution in [-0.2, 0) is 29.1 Å². The van der Waals surface area contributed by atoms with E-state index in [0.29, 0.717) is 23.7 Å². The predicted molar refractivity (Wildman–Crippen MR) is 144 cm³/mol. The molecule has 0 unspecified atom stereocenters. The molecule has 0 spiro atoms. The number of hydrogen-bond acceptors (Lipinski definition) is 6. The third-order valence-electron chi connectivity index (χ3n) is 7.11. The molecule has 1 aliphatic heterocycles. The van der Waals surface area contributed by atoms with Gasteiger partial charge in [-0.2, -0.15) is 13.2 Å². The number of aromatic nitrogens is 2. The van der Waals surface area contributed by atoms with Gasteiger partial charge >= 0.3 is 11.9 Å². The minimum atomic E-state index is -4.73. The maximum Gasteiger partial charge on any atom is 0.416 e. The molecule has 3 aromatic rings. The summed E-state index contributed by atoms with van der Waals surface area (Å²) in [5, 5.41) is -0.138. The topological polar surface area (TPSA) is 95.5 Å². The number of alkyl halides is 3. The zero-order chi connectivity index (χ0) is 28.7. The number of nitrogens with one attached hydrogen (secondary N) is 1. The van der Waals surface area contributed by atoms with Gasteiger partial charge in [0.1, 0.15) is 0 Å². The molecular weight excluding hydrogens is 557 g/mol. The Morgan fingerprint density at radius 2 is 1.67 bits per heavy atom. The summed E-state index contributed by atoms with van der Waals surface area (Å²) in [6, 6.07) is 6.31. The standard InChI is InChI=1S/C26H30ClF3N4O4S/c1-4-39(37,38)23-6-5-19(27)11-18(23)15-34-24(35)20-13-21(26(28,29)30)17(12-22(20)31-25(34)36)14-32-7-9-33(10-8-32)16(2)3/h5-6,11-13,16H,4,7-10,14-15H2,1-3H3,(H,31,36). The van der Waals surface area contributed by atoms with Gasteiger partial charge in [-0.05, 0) is 55.3 Å². The number of piperazine rings is 1. The largest absolute Gasteiger partial charge is 0.416 e. The van der Waals surface area contributed by atoms with Crippen molar-refractivity contribution >= 4 is 32.3 Å². The van der Waals surface area contributed by atoms with Gasteiger partial charge < -0.3 is 4.98 Å². The van der Waals surface area contributed by atoms with Crippen LogP contribution >= 0.6 is 11.6 Å². The lowest BCUT2D eigenvalue weighted by molar-refractivity contribution is -0.138. The third kappa shape index (κ3) is 6.24. The van der Waals surface area contributed by atoms with Crippen LogP contribution in [-0.4, -0.2) is 65.7 Å². The Morgan fingerprint density at radius 3 is 2.26 bits per heavy atom. The molecule has 1 aliphatic rings. The molecule has 39 heavy (non-hydrogen) atoms. The number of fused-ring (bicyclic) bond motifs is 1. The second kappa shape index (κ2) is 11.1. The van der Waals surface area contributed by atoms with Crippen molar-refractivity contribution in [3.8, 4) is 0 Å². The van der Waals surface area contributed by atoms with Crippen LogP contribution in [0.15, 0.2) is 44.8 Å². The number of rotatable bonds is 7. The first-order valence-corrected chi connectivity index (χ1v) is 14.6. The van der Waals surface area contributed by atoms with E-state index in [-0.39, 0.29) is 44.2 Å². The summed E-state index contributed by atoms with van der Waals surface area (Å²) in [7, 11) is -3.73. The van der Waals surface area contributed by atoms with Crippen molar-refractivity contribution in [2.75, 3.05) is 31.9 Å². The summed E-state index contributed by atoms with van der Waals surface area (Å²) in [6.45, 7) is 7.76. The summed E-state index contributed by atoms with van der Waals surface area (Å²) >= 11 is 6.04. The Bertz CT molecular complexity index is 1610. The molecular formula is C26H30ClF3N4O4S. The minimum Gasteiger partial charge on any atom is -0.307 e. The molecule has 212 valence electrons. The Hall–Kier alpha value is -2.67. The van der Waals surface area contributed by atoms with E-state index < -0.39 is 39.4 Å². The van der Waals surface area contributed by atoms with E-state index in [1.165, 1.54) is 31.2 Å². The average molecular weight is 587 g/mol. The van der Waals surface area contributed by atoms with Gasteiger partial charge in [0.05, 0.1) is 33.7 Å². The Morgan fingerprint density at radius 1 is 1.00 bits per heavy atom. The molecule has 2 aromatic carbocycles. The monoisotopic (exact) mass is 586 g/mol. The zero-order valence-electron chi connectivity index (χ0n) is 21.8. The van der Waals surface area contributed by atoms with Crippen LogP contribution in [0, 0.1) is 0 Å². The van der Waals surface area contributed by atoms with Crippen molar-refractivity contribution in [3.63, 3.8) is 0 Å². The van der Waals surface area contributed by atoms with Gasteiger partial charge in [-0.3, -0.25) is 19.2 Å². The first-order chi connectivity index (χ1) is 18.2. The molecule has 1 saturated heterocycles. The number of nitrogens with zero attached hydrogens (tertiary/aromatic N) is 3. The fourth-order valence-corrected chi connectivity index (χ4v) is 6.17. The second-order valence-corrected chi connectivity index (χ2v) is 12.6. The molecule has 2 heterocycles. The van der Waals surface area contributed by atoms with Gasteiger partial charge in [0.2, 0.25) is 0 Å². The van der Waals surface area contributed by atoms with Crippen molar-refractivity contribution in [1.29, 1.82) is 0 Å². The molecule has 0 atom stereocenters. The molecule has 1 aromatic heterocycles. The van der Waals surface area contributed by atoms with Crippen LogP contribution in [0.5, 0.6) is 0 Å². The highest BCUT2D eigenvalue weighted by Gasteiger charge is 2.35. The average Bonchev–Trinajstić information content (AvgIpc) is 2.86. The molecule has 0 aliphatic carbocycles. The van der Waals surface area contributed by atoms with Crippen LogP contribution in [0.1, 0.15) is 37.5 Å². The SMILES string of the molecule is CCS(=O)(=O)c1ccc(Cl)cc1Cn1c(=O)[nH]c2cc(CN3CCN(C(C)C)CC3)c(C(F)(F)F)cc2c1=O. The molecule has 4 rings (SSSR count). The first kappa shape index (κ1) is 29.3. The Kier molecular flexibility index (Phi) is 8.32. The zero-order valence-corrected chi connectivity index (χ0v) is 23.4. The lowest BCUT2D eigenvalue weighted by Crippen LogP contribution is -2.48. The quantitative estimate of drug-likeness (QED) is 0.453.